The molecule has 0 amide bonds. The van der Waals surface area contributed by atoms with Gasteiger partial charge in [-0.25, -0.2) is 0 Å². The molecule has 0 fully saturated rings. The van der Waals surface area contributed by atoms with E-state index in [-0.39, 0.29) is 11.8 Å². The van der Waals surface area contributed by atoms with Crippen molar-refractivity contribution in [3.63, 3.8) is 0 Å². The van der Waals surface area contributed by atoms with Crippen LogP contribution in [0.1, 0.15) is 72.9 Å². The molecule has 0 unspecified atom stereocenters. The molecule has 0 aliphatic heterocycles. The van der Waals surface area contributed by atoms with E-state index in [9.17, 15) is 0 Å². The summed E-state index contributed by atoms with van der Waals surface area (Å²) < 4.78 is 0. The maximum atomic E-state index is 2.63. The Hall–Kier alpha value is -9.76. The zero-order valence-electron chi connectivity index (χ0n) is 49.3. The van der Waals surface area contributed by atoms with Gasteiger partial charge in [0.2, 0.25) is 0 Å². The second-order valence-corrected chi connectivity index (χ2v) is 23.9. The lowest BCUT2D eigenvalue weighted by Gasteiger charge is -2.34. The monoisotopic (exact) mass is 1080 g/mol. The molecule has 0 radical (unpaired) electrons. The Morgan fingerprint density at radius 2 is 0.571 bits per heavy atom. The van der Waals surface area contributed by atoms with E-state index in [1.54, 1.807) is 0 Å². The maximum Gasteiger partial charge on any atom is 0.0569 e. The standard InChI is InChI=1S/C82H68N2/c1-51(2)73-49-77(83(81-55(7)31-35-61-33-29-53(5)41-75(61)81)67-45-63(57-21-13-9-14-22-57)43-64(46-67)58-23-15-10-16-24-58)71-40-38-70-74(52(3)4)50-78(72-39-37-69(73)79(71)80(70)72)84(82-56(8)32-36-62-34-30-54(6)42-76(62)82)68-47-65(59-25-17-11-18-26-59)44-66(48-68)60-27-19-12-20-28-60/h9-52H,1-8H3. The van der Waals surface area contributed by atoms with E-state index in [1.807, 2.05) is 0 Å². The molecule has 0 N–H and O–H groups in total. The predicted molar refractivity (Wildman–Crippen MR) is 363 cm³/mol. The van der Waals surface area contributed by atoms with E-state index in [0.717, 1.165) is 11.4 Å². The van der Waals surface area contributed by atoms with E-state index in [2.05, 4.69) is 320 Å². The summed E-state index contributed by atoms with van der Waals surface area (Å²) in [7, 11) is 0. The van der Waals surface area contributed by atoms with Crippen molar-refractivity contribution in [2.24, 2.45) is 0 Å². The molecule has 0 saturated heterocycles. The van der Waals surface area contributed by atoms with Gasteiger partial charge in [-0.05, 0) is 199 Å². The third-order valence-electron chi connectivity index (χ3n) is 17.6. The van der Waals surface area contributed by atoms with Crippen LogP contribution < -0.4 is 9.80 Å². The van der Waals surface area contributed by atoms with Crippen molar-refractivity contribution in [1.29, 1.82) is 0 Å². The number of hydrogen-bond donors (Lipinski definition) is 0. The first-order valence-corrected chi connectivity index (χ1v) is 29.9. The van der Waals surface area contributed by atoms with Crippen LogP contribution in [0.15, 0.2) is 255 Å². The van der Waals surface area contributed by atoms with Gasteiger partial charge in [0.05, 0.1) is 22.7 Å². The van der Waals surface area contributed by atoms with Gasteiger partial charge in [-0.1, -0.05) is 233 Å². The van der Waals surface area contributed by atoms with E-state index in [1.165, 1.54) is 155 Å². The molecule has 406 valence electrons. The van der Waals surface area contributed by atoms with Gasteiger partial charge in [0, 0.05) is 32.9 Å². The minimum atomic E-state index is 0.209. The Balaban J connectivity index is 1.13. The first kappa shape index (κ1) is 52.3. The van der Waals surface area contributed by atoms with Crippen LogP contribution in [0.3, 0.4) is 0 Å². The van der Waals surface area contributed by atoms with Crippen molar-refractivity contribution >= 4 is 88.0 Å². The summed E-state index contributed by atoms with van der Waals surface area (Å²) in [5, 5.41) is 12.5. The van der Waals surface area contributed by atoms with Crippen LogP contribution in [0.5, 0.6) is 0 Å². The number of benzene rings is 14. The summed E-state index contributed by atoms with van der Waals surface area (Å²) in [6.45, 7) is 18.5. The van der Waals surface area contributed by atoms with E-state index >= 15 is 0 Å². The van der Waals surface area contributed by atoms with Crippen molar-refractivity contribution in [3.8, 4) is 44.5 Å². The van der Waals surface area contributed by atoms with Crippen LogP contribution in [0.2, 0.25) is 0 Å². The first-order valence-electron chi connectivity index (χ1n) is 29.9. The van der Waals surface area contributed by atoms with E-state index in [0.29, 0.717) is 0 Å². The van der Waals surface area contributed by atoms with Crippen molar-refractivity contribution in [2.75, 3.05) is 9.80 Å². The van der Waals surface area contributed by atoms with Crippen molar-refractivity contribution in [3.05, 3.63) is 288 Å². The Morgan fingerprint density at radius 3 is 0.893 bits per heavy atom. The highest BCUT2D eigenvalue weighted by atomic mass is 15.2. The summed E-state index contributed by atoms with van der Waals surface area (Å²) >= 11 is 0. The number of hydrogen-bond acceptors (Lipinski definition) is 2. The Labute approximate surface area is 494 Å². The van der Waals surface area contributed by atoms with E-state index in [4.69, 9.17) is 0 Å². The summed E-state index contributed by atoms with van der Waals surface area (Å²) in [5.41, 5.74) is 23.9. The van der Waals surface area contributed by atoms with E-state index < -0.39 is 0 Å². The molecule has 2 heteroatoms. The third kappa shape index (κ3) is 9.14. The molecule has 0 saturated carbocycles. The predicted octanol–water partition coefficient (Wildman–Crippen LogP) is 24.0. The van der Waals surface area contributed by atoms with Gasteiger partial charge in [-0.3, -0.25) is 0 Å². The summed E-state index contributed by atoms with van der Waals surface area (Å²) in [5.74, 6) is 0.418. The first-order chi connectivity index (χ1) is 40.9. The van der Waals surface area contributed by atoms with Crippen LogP contribution in [0.4, 0.5) is 34.1 Å². The minimum absolute atomic E-state index is 0.209. The second kappa shape index (κ2) is 21.2. The third-order valence-corrected chi connectivity index (χ3v) is 17.6. The van der Waals surface area contributed by atoms with Crippen LogP contribution in [-0.4, -0.2) is 0 Å². The van der Waals surface area contributed by atoms with Crippen molar-refractivity contribution in [1.82, 2.24) is 0 Å². The molecule has 0 heterocycles. The molecule has 0 spiro atoms. The topological polar surface area (TPSA) is 6.48 Å². The lowest BCUT2D eigenvalue weighted by Crippen LogP contribution is -2.15. The molecule has 0 bridgehead atoms. The van der Waals surface area contributed by atoms with Gasteiger partial charge in [0.15, 0.2) is 0 Å². The SMILES string of the molecule is Cc1ccc2ccc(C)c(N(c3cc(-c4ccccc4)cc(-c4ccccc4)c3)c3cc(C(C)C)c4ccc5c(N(c6cc(-c7ccccc7)cc(-c7ccccc7)c6)c6c(C)ccc7ccc(C)cc67)cc(C(C)C)c6ccc3c4c65)c2c1. The van der Waals surface area contributed by atoms with Gasteiger partial charge < -0.3 is 9.80 Å². The van der Waals surface area contributed by atoms with Gasteiger partial charge in [0.25, 0.3) is 0 Å². The molecule has 0 aromatic heterocycles. The molecule has 2 nitrogen and oxygen atoms in total. The molecular formula is C82H68N2. The van der Waals surface area contributed by atoms with Crippen molar-refractivity contribution in [2.45, 2.75) is 67.2 Å². The normalized spacial score (nSPS) is 11.8. The number of anilines is 6. The van der Waals surface area contributed by atoms with Gasteiger partial charge in [0.1, 0.15) is 0 Å². The second-order valence-electron chi connectivity index (χ2n) is 23.9. The number of nitrogens with zero attached hydrogens (tertiary/aromatic N) is 2. The fourth-order valence-electron chi connectivity index (χ4n) is 13.4. The summed E-state index contributed by atoms with van der Waals surface area (Å²) in [4.78, 5) is 5.26. The van der Waals surface area contributed by atoms with Gasteiger partial charge >= 0.3 is 0 Å². The zero-order chi connectivity index (χ0) is 57.3. The molecule has 0 aliphatic carbocycles. The number of rotatable bonds is 12. The van der Waals surface area contributed by atoms with Crippen LogP contribution in [-0.2, 0) is 0 Å². The Kier molecular flexibility index (Phi) is 13.2. The number of fused-ring (bicyclic) bond motifs is 2. The van der Waals surface area contributed by atoms with Crippen LogP contribution in [0, 0.1) is 27.7 Å². The quantitative estimate of drug-likeness (QED) is 0.113. The molecule has 0 aliphatic rings. The maximum absolute atomic E-state index is 2.63. The molecule has 14 aromatic carbocycles. The van der Waals surface area contributed by atoms with Gasteiger partial charge in [-0.2, -0.15) is 0 Å². The highest BCUT2D eigenvalue weighted by molar-refractivity contribution is 6.30. The average Bonchev–Trinajstić information content (AvgIpc) is 1.15. The van der Waals surface area contributed by atoms with Crippen LogP contribution in [0.25, 0.3) is 98.4 Å². The molecular weight excluding hydrogens is 1010 g/mol. The lowest BCUT2D eigenvalue weighted by molar-refractivity contribution is 0.875. The zero-order valence-corrected chi connectivity index (χ0v) is 49.3. The molecule has 14 aromatic rings. The Morgan fingerprint density at radius 1 is 0.262 bits per heavy atom. The minimum Gasteiger partial charge on any atom is -0.309 e. The average molecular weight is 1080 g/mol. The fraction of sp³-hybridized carbons (Fsp3) is 0.122. The number of aryl methyl sites for hydroxylation is 4. The highest BCUT2D eigenvalue weighted by Gasteiger charge is 2.29. The summed E-state index contributed by atoms with van der Waals surface area (Å²) in [6, 6.07) is 96.1. The fourth-order valence-corrected chi connectivity index (χ4v) is 13.4. The lowest BCUT2D eigenvalue weighted by atomic mass is 9.83. The van der Waals surface area contributed by atoms with Crippen LogP contribution >= 0.6 is 0 Å². The largest absolute Gasteiger partial charge is 0.309 e. The molecule has 84 heavy (non-hydrogen) atoms. The van der Waals surface area contributed by atoms with Gasteiger partial charge in [-0.15, -0.1) is 0 Å². The smallest absolute Gasteiger partial charge is 0.0569 e. The summed E-state index contributed by atoms with van der Waals surface area (Å²) in [6.07, 6.45) is 0. The van der Waals surface area contributed by atoms with Crippen molar-refractivity contribution < 1.29 is 0 Å². The highest BCUT2D eigenvalue weighted by Crippen LogP contribution is 2.54. The Bertz CT molecular complexity index is 4370. The molecule has 14 rings (SSSR count). The molecule has 0 atom stereocenters.